The first-order valence-electron chi connectivity index (χ1n) is 42.3. The number of nitrogens with zero attached hydrogens (tertiary/aromatic N) is 5. The Morgan fingerprint density at radius 2 is 0.944 bits per heavy atom. The van der Waals surface area contributed by atoms with E-state index < -0.39 is 60.3 Å². The average Bonchev–Trinajstić information content (AvgIpc) is 1.63. The summed E-state index contributed by atoms with van der Waals surface area (Å²) in [4.78, 5) is 96.0. The molecule has 3 aromatic rings. The van der Waals surface area contributed by atoms with Crippen LogP contribution in [0.2, 0.25) is 0 Å². The van der Waals surface area contributed by atoms with Crippen LogP contribution in [0, 0.1) is 0 Å². The van der Waals surface area contributed by atoms with Crippen LogP contribution in [-0.2, 0) is 39.2 Å². The van der Waals surface area contributed by atoms with Crippen molar-refractivity contribution in [2.45, 2.75) is 356 Å². The molecule has 0 saturated carbocycles. The number of nitrogens with one attached hydrogen (secondary N) is 6. The van der Waals surface area contributed by atoms with Crippen molar-refractivity contribution < 1.29 is 51.8 Å². The quantitative estimate of drug-likeness (QED) is 0.0157. The van der Waals surface area contributed by atoms with Crippen molar-refractivity contribution in [3.8, 4) is 0 Å². The number of hydrogen-bond donors (Lipinski definition) is 7. The number of H-pyrrole nitrogens is 1. The number of unbranched alkanes of at least 4 members (excludes halogenated alkanes) is 29. The van der Waals surface area contributed by atoms with E-state index in [1.807, 2.05) is 0 Å². The van der Waals surface area contributed by atoms with Crippen LogP contribution in [0.4, 0.5) is 26.1 Å². The number of rotatable bonds is 63. The van der Waals surface area contributed by atoms with E-state index in [1.165, 1.54) is 146 Å². The highest BCUT2D eigenvalue weighted by Gasteiger charge is 2.28. The lowest BCUT2D eigenvalue weighted by molar-refractivity contribution is -0.123. The molecule has 25 heteroatoms. The molecule has 0 aliphatic rings. The minimum absolute atomic E-state index is 0.140. The average molecular weight is 1540 g/mol. The third-order valence-electron chi connectivity index (χ3n) is 18.7. The van der Waals surface area contributed by atoms with Crippen LogP contribution >= 0.6 is 7.60 Å². The molecular weight excluding hydrogens is 1390 g/mol. The molecular formula is C83H151N12O12P. The molecule has 0 radical (unpaired) electrons. The predicted octanol–water partition coefficient (Wildman–Crippen LogP) is 19.1. The van der Waals surface area contributed by atoms with E-state index in [2.05, 4.69) is 62.3 Å². The molecule has 620 valence electrons. The number of carbonyl (C=O) groups is 5. The van der Waals surface area contributed by atoms with Crippen LogP contribution in [0.15, 0.2) is 29.1 Å². The summed E-state index contributed by atoms with van der Waals surface area (Å²) in [7, 11) is -3.32. The Hall–Kier alpha value is -5.97. The zero-order valence-electron chi connectivity index (χ0n) is 69.6. The number of nitrogen functional groups attached to an aromatic ring is 1. The van der Waals surface area contributed by atoms with Gasteiger partial charge in [-0.25, -0.2) is 19.2 Å². The van der Waals surface area contributed by atoms with Gasteiger partial charge in [0.15, 0.2) is 11.5 Å². The first-order chi connectivity index (χ1) is 51.7. The second-order valence-corrected chi connectivity index (χ2v) is 34.7. The molecule has 2 heterocycles. The highest BCUT2D eigenvalue weighted by molar-refractivity contribution is 7.53. The van der Waals surface area contributed by atoms with Crippen molar-refractivity contribution in [3.05, 3.63) is 45.9 Å². The fraction of sp³-hybridized carbons (Fsp3) is 0.807. The van der Waals surface area contributed by atoms with E-state index in [9.17, 15) is 33.3 Å². The number of alkyl carbamates (subject to hydrolysis) is 1. The Morgan fingerprint density at radius 1 is 0.509 bits per heavy atom. The summed E-state index contributed by atoms with van der Waals surface area (Å²) in [5, 5.41) is 15.5. The van der Waals surface area contributed by atoms with Gasteiger partial charge in [0.25, 0.3) is 5.91 Å². The van der Waals surface area contributed by atoms with Gasteiger partial charge in [0.05, 0.1) is 25.9 Å². The first-order valence-corrected chi connectivity index (χ1v) is 44.1. The summed E-state index contributed by atoms with van der Waals surface area (Å²) in [5.74, 6) is -0.347. The standard InChI is InChI=1S/C83H151N12O12P/c1-13-16-19-21-23-25-27-29-31-33-35-37-39-45-64-103-108(102,104-65-46-40-38-36-34-32-30-28-26-24-22-20-17-14-2)66-49-56-85-55-42-41-50-70(89-74(96)69-53-51-68(52-54-69)67-95-73-71(90-77(95)98)72(84)91-76(92-73)87-57-18-15-3)75(97)86-58-47-62-93(79(100)106-82(7,8)9)60-43-44-61-94(80(101)107-83(10,11)12)63-48-59-88-78(99)105-81(4,5)6/h51-54,70,85H,13-50,55-67H2,1-12H3,(H,86,97)(H,88,99)(H,89,96)(H,90,98)(H3,84,87,91,92)/t70-/m0/s1. The number of amides is 5. The SMILES string of the molecule is CCCCCCCCCCCCCCCCOP(=O)(CCCNCCCC[C@H](NC(=O)c1ccc(Cn2c(=O)[nH]c3c(N)nc(NCCCC)nc32)cc1)C(=O)NCCCN(CCCCN(CCCNC(=O)OC(C)(C)C)C(=O)OC(C)(C)C)C(=O)OC(C)(C)C)OCCCCCCCCCCCCCCCC. The topological polar surface area (TPSA) is 305 Å². The van der Waals surface area contributed by atoms with Gasteiger partial charge in [-0.05, 0) is 164 Å². The van der Waals surface area contributed by atoms with Crippen molar-refractivity contribution >= 4 is 60.6 Å². The van der Waals surface area contributed by atoms with Crippen molar-refractivity contribution in [2.75, 3.05) is 89.3 Å². The molecule has 0 aliphatic heterocycles. The number of hydrogen-bond acceptors (Lipinski definition) is 17. The maximum atomic E-state index is 14.3. The Bertz CT molecular complexity index is 2980. The van der Waals surface area contributed by atoms with Gasteiger partial charge in [-0.15, -0.1) is 0 Å². The van der Waals surface area contributed by atoms with Gasteiger partial charge in [-0.1, -0.05) is 206 Å². The fourth-order valence-electron chi connectivity index (χ4n) is 12.6. The number of benzene rings is 1. The maximum absolute atomic E-state index is 14.3. The number of aromatic nitrogens is 4. The van der Waals surface area contributed by atoms with Crippen LogP contribution in [0.25, 0.3) is 11.2 Å². The van der Waals surface area contributed by atoms with Crippen LogP contribution in [0.1, 0.15) is 343 Å². The zero-order valence-corrected chi connectivity index (χ0v) is 70.5. The number of aromatic amines is 1. The zero-order chi connectivity index (χ0) is 79.3. The fourth-order valence-corrected chi connectivity index (χ4v) is 14.3. The number of anilines is 2. The largest absolute Gasteiger partial charge is 0.444 e. The van der Waals surface area contributed by atoms with E-state index in [0.717, 1.165) is 56.9 Å². The number of ether oxygens (including phenoxy) is 3. The van der Waals surface area contributed by atoms with Crippen LogP contribution in [0.5, 0.6) is 0 Å². The molecule has 3 rings (SSSR count). The summed E-state index contributed by atoms with van der Waals surface area (Å²) < 4.78 is 45.1. The molecule has 0 unspecified atom stereocenters. The summed E-state index contributed by atoms with van der Waals surface area (Å²) in [6.07, 6.45) is 40.2. The Labute approximate surface area is 651 Å². The number of fused-ring (bicyclic) bond motifs is 1. The van der Waals surface area contributed by atoms with Crippen LogP contribution < -0.4 is 38.0 Å². The minimum atomic E-state index is -3.32. The molecule has 8 N–H and O–H groups in total. The molecule has 1 atom stereocenters. The van der Waals surface area contributed by atoms with E-state index in [-0.39, 0.29) is 31.4 Å². The molecule has 108 heavy (non-hydrogen) atoms. The van der Waals surface area contributed by atoms with E-state index >= 15 is 0 Å². The van der Waals surface area contributed by atoms with E-state index in [4.69, 9.17) is 29.0 Å². The molecule has 0 spiro atoms. The van der Waals surface area contributed by atoms with Gasteiger partial charge in [-0.3, -0.25) is 18.7 Å². The van der Waals surface area contributed by atoms with Crippen molar-refractivity contribution in [1.82, 2.24) is 50.6 Å². The maximum Gasteiger partial charge on any atom is 0.410 e. The van der Waals surface area contributed by atoms with Crippen molar-refractivity contribution in [3.63, 3.8) is 0 Å². The van der Waals surface area contributed by atoms with Gasteiger partial charge in [0.1, 0.15) is 28.4 Å². The Balaban J connectivity index is 1.67. The summed E-state index contributed by atoms with van der Waals surface area (Å²) in [6, 6.07) is 5.93. The van der Waals surface area contributed by atoms with Gasteiger partial charge < -0.3 is 70.4 Å². The third kappa shape index (κ3) is 46.6. The van der Waals surface area contributed by atoms with Gasteiger partial charge in [0.2, 0.25) is 11.9 Å². The van der Waals surface area contributed by atoms with Crippen molar-refractivity contribution in [1.29, 1.82) is 0 Å². The number of imidazole rings is 1. The van der Waals surface area contributed by atoms with Gasteiger partial charge >= 0.3 is 31.6 Å². The van der Waals surface area contributed by atoms with E-state index in [1.54, 1.807) is 96.4 Å². The van der Waals surface area contributed by atoms with Crippen LogP contribution in [0.3, 0.4) is 0 Å². The first kappa shape index (κ1) is 96.2. The number of carbonyl (C=O) groups excluding carboxylic acids is 5. The molecule has 2 aromatic heterocycles. The number of nitrogens with two attached hydrogens (primary N) is 1. The summed E-state index contributed by atoms with van der Waals surface area (Å²) in [6.45, 7) is 27.4. The second kappa shape index (κ2) is 56.3. The van der Waals surface area contributed by atoms with Gasteiger partial charge in [0, 0.05) is 51.4 Å². The molecule has 24 nitrogen and oxygen atoms in total. The molecule has 0 bridgehead atoms. The summed E-state index contributed by atoms with van der Waals surface area (Å²) in [5.41, 5.74) is 5.44. The molecule has 0 saturated heterocycles. The highest BCUT2D eigenvalue weighted by atomic mass is 31.2. The lowest BCUT2D eigenvalue weighted by Crippen LogP contribution is -2.47. The Kier molecular flexibility index (Phi) is 50.1. The predicted molar refractivity (Wildman–Crippen MR) is 440 cm³/mol. The molecule has 0 fully saturated rings. The van der Waals surface area contributed by atoms with Crippen molar-refractivity contribution in [2.24, 2.45) is 0 Å². The van der Waals surface area contributed by atoms with Gasteiger partial charge in [-0.2, -0.15) is 9.97 Å². The second-order valence-electron chi connectivity index (χ2n) is 32.5. The lowest BCUT2D eigenvalue weighted by atomic mass is 10.0. The minimum Gasteiger partial charge on any atom is -0.444 e. The highest BCUT2D eigenvalue weighted by Crippen LogP contribution is 2.49. The van der Waals surface area contributed by atoms with Crippen LogP contribution in [-0.4, -0.2) is 161 Å². The summed E-state index contributed by atoms with van der Waals surface area (Å²) >= 11 is 0. The molecule has 0 aliphatic carbocycles. The third-order valence-corrected chi connectivity index (χ3v) is 20.7. The Morgan fingerprint density at radius 3 is 1.41 bits per heavy atom. The smallest absolute Gasteiger partial charge is 0.410 e. The molecule has 1 aromatic carbocycles. The lowest BCUT2D eigenvalue weighted by Gasteiger charge is -2.29. The monoisotopic (exact) mass is 1540 g/mol. The van der Waals surface area contributed by atoms with E-state index in [0.29, 0.717) is 139 Å². The normalized spacial score (nSPS) is 12.3. The molecule has 5 amide bonds.